The van der Waals surface area contributed by atoms with Crippen LogP contribution in [0.4, 0.5) is 32.0 Å². The lowest BCUT2D eigenvalue weighted by atomic mass is 10.3. The lowest BCUT2D eigenvalue weighted by Crippen LogP contribution is -2.45. The maximum absolute atomic E-state index is 12.1. The first-order chi connectivity index (χ1) is 9.10. The molecule has 2 nitrogen and oxygen atoms in total. The molecule has 0 saturated carbocycles. The Balaban J connectivity index is 2.44. The Morgan fingerprint density at radius 3 is 1.95 bits per heavy atom. The Bertz CT molecular complexity index is 402. The number of halogens is 7. The van der Waals surface area contributed by atoms with Crippen molar-refractivity contribution in [1.82, 2.24) is 0 Å². The fraction of sp³-hybridized carbons (Fsp3) is 0.455. The molecule has 0 radical (unpaired) electrons. The van der Waals surface area contributed by atoms with Crippen molar-refractivity contribution in [3.8, 4) is 0 Å². The first kappa shape index (κ1) is 16.9. The molecule has 0 aliphatic rings. The summed E-state index contributed by atoms with van der Waals surface area (Å²) >= 11 is 5.61. The third-order valence-corrected chi connectivity index (χ3v) is 2.41. The first-order valence-electron chi connectivity index (χ1n) is 5.35. The van der Waals surface area contributed by atoms with E-state index < -0.39 is 25.1 Å². The second-order valence-corrected chi connectivity index (χ2v) is 4.20. The van der Waals surface area contributed by atoms with Gasteiger partial charge in [-0.05, 0) is 24.3 Å². The van der Waals surface area contributed by atoms with Crippen molar-refractivity contribution in [3.63, 3.8) is 0 Å². The fourth-order valence-electron chi connectivity index (χ4n) is 1.31. The van der Waals surface area contributed by atoms with Gasteiger partial charge in [0.2, 0.25) is 6.10 Å². The SMILES string of the molecule is FC(F)(F)C(OCCNc1ccc(Cl)cc1)C(F)(F)F. The zero-order valence-corrected chi connectivity index (χ0v) is 10.6. The van der Waals surface area contributed by atoms with Crippen LogP contribution in [0.25, 0.3) is 0 Å². The highest BCUT2D eigenvalue weighted by Crippen LogP contribution is 2.35. The molecule has 0 saturated heterocycles. The van der Waals surface area contributed by atoms with Gasteiger partial charge in [0.05, 0.1) is 6.61 Å². The third-order valence-electron chi connectivity index (χ3n) is 2.15. The van der Waals surface area contributed by atoms with E-state index in [1.165, 1.54) is 24.3 Å². The summed E-state index contributed by atoms with van der Waals surface area (Å²) in [6.45, 7) is -0.948. The molecule has 0 fully saturated rings. The number of rotatable bonds is 5. The van der Waals surface area contributed by atoms with Gasteiger partial charge in [-0.25, -0.2) is 0 Å². The second-order valence-electron chi connectivity index (χ2n) is 3.77. The molecule has 0 bridgehead atoms. The van der Waals surface area contributed by atoms with Gasteiger partial charge in [-0.3, -0.25) is 0 Å². The Morgan fingerprint density at radius 1 is 1.00 bits per heavy atom. The van der Waals surface area contributed by atoms with Crippen LogP contribution in [0.15, 0.2) is 24.3 Å². The summed E-state index contributed by atoms with van der Waals surface area (Å²) in [5.41, 5.74) is 0.508. The molecule has 0 aliphatic heterocycles. The van der Waals surface area contributed by atoms with E-state index in [-0.39, 0.29) is 6.54 Å². The summed E-state index contributed by atoms with van der Waals surface area (Å²) in [4.78, 5) is 0. The minimum absolute atomic E-state index is 0.204. The van der Waals surface area contributed by atoms with Crippen LogP contribution in [-0.2, 0) is 4.74 Å². The van der Waals surface area contributed by atoms with Crippen molar-refractivity contribution in [1.29, 1.82) is 0 Å². The van der Waals surface area contributed by atoms with Crippen LogP contribution in [-0.4, -0.2) is 31.6 Å². The Morgan fingerprint density at radius 2 is 1.50 bits per heavy atom. The Kier molecular flexibility index (Phi) is 5.52. The van der Waals surface area contributed by atoms with Crippen molar-refractivity contribution in [3.05, 3.63) is 29.3 Å². The van der Waals surface area contributed by atoms with Crippen LogP contribution in [0.5, 0.6) is 0 Å². The van der Waals surface area contributed by atoms with E-state index in [0.717, 1.165) is 0 Å². The number of benzene rings is 1. The van der Waals surface area contributed by atoms with Crippen LogP contribution in [0, 0.1) is 0 Å². The van der Waals surface area contributed by atoms with E-state index in [2.05, 4.69) is 10.1 Å². The molecular formula is C11H10ClF6NO. The quantitative estimate of drug-likeness (QED) is 0.646. The molecule has 0 atom stereocenters. The van der Waals surface area contributed by atoms with Crippen LogP contribution in [0.1, 0.15) is 0 Å². The van der Waals surface area contributed by atoms with Gasteiger partial charge >= 0.3 is 12.4 Å². The van der Waals surface area contributed by atoms with Crippen molar-refractivity contribution in [2.24, 2.45) is 0 Å². The molecule has 0 unspecified atom stereocenters. The first-order valence-corrected chi connectivity index (χ1v) is 5.73. The number of hydrogen-bond acceptors (Lipinski definition) is 2. The second kappa shape index (κ2) is 6.53. The molecule has 0 aliphatic carbocycles. The Labute approximate surface area is 115 Å². The maximum atomic E-state index is 12.1. The number of alkyl halides is 6. The molecule has 0 aromatic heterocycles. The summed E-state index contributed by atoms with van der Waals surface area (Å²) in [6.07, 6.45) is -14.8. The molecule has 20 heavy (non-hydrogen) atoms. The standard InChI is InChI=1S/C11H10ClF6NO/c12-7-1-3-8(4-2-7)19-5-6-20-9(10(13,14)15)11(16,17)18/h1-4,9,19H,5-6H2. The largest absolute Gasteiger partial charge is 0.423 e. The summed E-state index contributed by atoms with van der Waals surface area (Å²) in [5.74, 6) is 0. The number of anilines is 1. The number of hydrogen-bond donors (Lipinski definition) is 1. The minimum atomic E-state index is -5.49. The zero-order chi connectivity index (χ0) is 15.4. The molecule has 9 heteroatoms. The predicted molar refractivity (Wildman–Crippen MR) is 61.8 cm³/mol. The summed E-state index contributed by atoms with van der Waals surface area (Å²) in [6, 6.07) is 6.12. The molecule has 1 aromatic rings. The summed E-state index contributed by atoms with van der Waals surface area (Å²) in [5, 5.41) is 3.07. The average Bonchev–Trinajstić information content (AvgIpc) is 2.27. The number of nitrogens with one attached hydrogen (secondary N) is 1. The lowest BCUT2D eigenvalue weighted by molar-refractivity contribution is -0.321. The fourth-order valence-corrected chi connectivity index (χ4v) is 1.44. The average molecular weight is 322 g/mol. The van der Waals surface area contributed by atoms with Gasteiger partial charge in [0.25, 0.3) is 0 Å². The van der Waals surface area contributed by atoms with Gasteiger partial charge in [-0.1, -0.05) is 11.6 Å². The van der Waals surface area contributed by atoms with E-state index in [4.69, 9.17) is 11.6 Å². The van der Waals surface area contributed by atoms with E-state index in [9.17, 15) is 26.3 Å². The highest BCUT2D eigenvalue weighted by atomic mass is 35.5. The highest BCUT2D eigenvalue weighted by Gasteiger charge is 2.57. The van der Waals surface area contributed by atoms with E-state index in [1.54, 1.807) is 0 Å². The molecule has 1 rings (SSSR count). The van der Waals surface area contributed by atoms with Crippen molar-refractivity contribution >= 4 is 17.3 Å². The van der Waals surface area contributed by atoms with Gasteiger partial charge < -0.3 is 10.1 Å². The monoisotopic (exact) mass is 321 g/mol. The molecule has 1 aromatic carbocycles. The zero-order valence-electron chi connectivity index (χ0n) is 9.85. The Hall–Kier alpha value is -1.15. The number of ether oxygens (including phenoxy) is 1. The van der Waals surface area contributed by atoms with E-state index in [1.807, 2.05) is 0 Å². The summed E-state index contributed by atoms with van der Waals surface area (Å²) in [7, 11) is 0. The lowest BCUT2D eigenvalue weighted by Gasteiger charge is -2.23. The third kappa shape index (κ3) is 5.46. The predicted octanol–water partition coefficient (Wildman–Crippen LogP) is 4.26. The molecule has 0 spiro atoms. The van der Waals surface area contributed by atoms with Gasteiger partial charge in [0.15, 0.2) is 0 Å². The van der Waals surface area contributed by atoms with Crippen LogP contribution in [0.2, 0.25) is 5.02 Å². The van der Waals surface area contributed by atoms with Crippen LogP contribution < -0.4 is 5.32 Å². The summed E-state index contributed by atoms with van der Waals surface area (Å²) < 4.78 is 76.7. The smallest absolute Gasteiger partial charge is 0.383 e. The van der Waals surface area contributed by atoms with Crippen LogP contribution >= 0.6 is 11.6 Å². The minimum Gasteiger partial charge on any atom is -0.383 e. The van der Waals surface area contributed by atoms with Crippen molar-refractivity contribution < 1.29 is 31.1 Å². The highest BCUT2D eigenvalue weighted by molar-refractivity contribution is 6.30. The normalized spacial score (nSPS) is 12.8. The van der Waals surface area contributed by atoms with Gasteiger partial charge in [0, 0.05) is 17.3 Å². The van der Waals surface area contributed by atoms with Gasteiger partial charge in [-0.15, -0.1) is 0 Å². The van der Waals surface area contributed by atoms with Crippen molar-refractivity contribution in [2.45, 2.75) is 18.5 Å². The molecule has 114 valence electrons. The van der Waals surface area contributed by atoms with Gasteiger partial charge in [-0.2, -0.15) is 26.3 Å². The maximum Gasteiger partial charge on any atom is 0.423 e. The van der Waals surface area contributed by atoms with Gasteiger partial charge in [0.1, 0.15) is 0 Å². The molecular weight excluding hydrogens is 312 g/mol. The molecule has 1 N–H and O–H groups in total. The topological polar surface area (TPSA) is 21.3 Å². The van der Waals surface area contributed by atoms with Crippen molar-refractivity contribution in [2.75, 3.05) is 18.5 Å². The van der Waals surface area contributed by atoms with E-state index in [0.29, 0.717) is 10.7 Å². The molecule has 0 heterocycles. The molecule has 0 amide bonds. The van der Waals surface area contributed by atoms with E-state index >= 15 is 0 Å². The van der Waals surface area contributed by atoms with Crippen LogP contribution in [0.3, 0.4) is 0 Å².